The summed E-state index contributed by atoms with van der Waals surface area (Å²) in [6.45, 7) is 7.96. The third kappa shape index (κ3) is 15.6. The van der Waals surface area contributed by atoms with Crippen molar-refractivity contribution in [3.8, 4) is 5.75 Å². The molecule has 1 aromatic carbocycles. The first-order valence-corrected chi connectivity index (χ1v) is 19.6. The second-order valence-electron chi connectivity index (χ2n) is 14.3. The molecule has 1 aliphatic rings. The quantitative estimate of drug-likeness (QED) is 0.0665. The molecule has 17 nitrogen and oxygen atoms in total. The highest BCUT2D eigenvalue weighted by Crippen LogP contribution is 2.25. The van der Waals surface area contributed by atoms with Crippen LogP contribution >= 0.6 is 15.9 Å². The average Bonchev–Trinajstić information content (AvgIpc) is 3.12. The van der Waals surface area contributed by atoms with Crippen LogP contribution in [-0.4, -0.2) is 88.7 Å². The van der Waals surface area contributed by atoms with E-state index in [9.17, 15) is 43.5 Å². The Morgan fingerprint density at radius 3 is 2.00 bits per heavy atom. The van der Waals surface area contributed by atoms with E-state index in [2.05, 4.69) is 42.5 Å². The van der Waals surface area contributed by atoms with Crippen LogP contribution < -0.4 is 38.1 Å². The second-order valence-corrected chi connectivity index (χ2v) is 15.2. The lowest BCUT2D eigenvalue weighted by atomic mass is 9.98. The van der Waals surface area contributed by atoms with E-state index in [1.807, 2.05) is 12.1 Å². The monoisotopic (exact) mass is 849 g/mol. The Morgan fingerprint density at radius 2 is 1.43 bits per heavy atom. The number of nitrogens with two attached hydrogens (primary N) is 2. The minimum absolute atomic E-state index is 0.187. The number of hydrogen-bond acceptors (Lipinski definition) is 10. The maximum atomic E-state index is 13.8. The molecule has 0 radical (unpaired) electrons. The third-order valence-corrected chi connectivity index (χ3v) is 9.94. The second kappa shape index (κ2) is 23.2. The number of carbonyl (C=O) groups is 8. The molecule has 18 heteroatoms. The molecular weight excluding hydrogens is 794 g/mol. The van der Waals surface area contributed by atoms with E-state index in [0.29, 0.717) is 17.3 Å². The van der Waals surface area contributed by atoms with Gasteiger partial charge >= 0.3 is 5.97 Å². The molecule has 7 amide bonds. The number of rotatable bonds is 16. The van der Waals surface area contributed by atoms with Gasteiger partial charge in [-0.2, -0.15) is 0 Å². The molecule has 0 saturated carbocycles. The fourth-order valence-corrected chi connectivity index (χ4v) is 6.25. The van der Waals surface area contributed by atoms with Crippen molar-refractivity contribution in [2.45, 2.75) is 129 Å². The van der Waals surface area contributed by atoms with Gasteiger partial charge in [0.15, 0.2) is 0 Å². The minimum Gasteiger partial charge on any atom is -0.507 e. The van der Waals surface area contributed by atoms with E-state index < -0.39 is 108 Å². The molecule has 1 aromatic rings. The Morgan fingerprint density at radius 1 is 0.857 bits per heavy atom. The molecule has 2 rings (SSSR count). The molecule has 1 heterocycles. The predicted molar refractivity (Wildman–Crippen MR) is 209 cm³/mol. The highest BCUT2D eigenvalue weighted by molar-refractivity contribution is 9.10. The van der Waals surface area contributed by atoms with Crippen LogP contribution in [-0.2, 0) is 49.5 Å². The number of phenols is 1. The first kappa shape index (κ1) is 47.2. The molecule has 310 valence electrons. The van der Waals surface area contributed by atoms with Crippen molar-refractivity contribution in [3.05, 3.63) is 40.4 Å². The lowest BCUT2D eigenvalue weighted by Gasteiger charge is -2.31. The van der Waals surface area contributed by atoms with E-state index in [4.69, 9.17) is 16.2 Å². The molecule has 0 spiro atoms. The number of aryl methyl sites for hydroxylation is 1. The lowest BCUT2D eigenvalue weighted by molar-refractivity contribution is -0.157. The average molecular weight is 851 g/mol. The summed E-state index contributed by atoms with van der Waals surface area (Å²) in [5.41, 5.74) is 11.8. The Hall–Kier alpha value is -5.00. The van der Waals surface area contributed by atoms with Gasteiger partial charge in [-0.05, 0) is 84.1 Å². The van der Waals surface area contributed by atoms with Gasteiger partial charge in [-0.25, -0.2) is 4.79 Å². The highest BCUT2D eigenvalue weighted by Gasteiger charge is 2.39. The topological polar surface area (TPSA) is 278 Å². The fraction of sp³-hybridized carbons (Fsp3) is 0.579. The number of esters is 1. The molecule has 0 unspecified atom stereocenters. The molecule has 1 saturated heterocycles. The van der Waals surface area contributed by atoms with Gasteiger partial charge in [0.2, 0.25) is 41.4 Å². The smallest absolute Gasteiger partial charge is 0.329 e. The van der Waals surface area contributed by atoms with Crippen LogP contribution in [0.25, 0.3) is 0 Å². The summed E-state index contributed by atoms with van der Waals surface area (Å²) in [7, 11) is 0. The molecule has 1 aliphatic heterocycles. The minimum atomic E-state index is -1.63. The summed E-state index contributed by atoms with van der Waals surface area (Å²) in [5, 5.41) is 22.0. The normalized spacial score (nSPS) is 23.4. The summed E-state index contributed by atoms with van der Waals surface area (Å²) in [5.74, 6) is -8.41. The van der Waals surface area contributed by atoms with Crippen molar-refractivity contribution in [2.24, 2.45) is 23.3 Å². The molecule has 56 heavy (non-hydrogen) atoms. The van der Waals surface area contributed by atoms with Gasteiger partial charge < -0.3 is 47.9 Å². The van der Waals surface area contributed by atoms with Crippen LogP contribution in [0.15, 0.2) is 34.8 Å². The lowest BCUT2D eigenvalue weighted by Crippen LogP contribution is -2.62. The first-order valence-electron chi connectivity index (χ1n) is 18.8. The molecular formula is C38H56BrN7O10. The Bertz CT molecular complexity index is 1620. The number of halogens is 1. The number of cyclic esters (lactones) is 1. The third-order valence-electron chi connectivity index (χ3n) is 9.31. The number of ether oxygens (including phenoxy) is 1. The number of allylic oxidation sites excluding steroid dienone is 1. The summed E-state index contributed by atoms with van der Waals surface area (Å²) in [6, 6.07) is -2.04. The molecule has 0 aliphatic carbocycles. The van der Waals surface area contributed by atoms with Gasteiger partial charge in [0, 0.05) is 0 Å². The van der Waals surface area contributed by atoms with Gasteiger partial charge in [-0.1, -0.05) is 59.1 Å². The first-order chi connectivity index (χ1) is 26.3. The number of nitrogens with one attached hydrogen (secondary N) is 5. The standard InChI is InChI=1S/C38H56BrN7O10/c1-6-21(4)32-38(55)56-22(5)33(44-30(50)14-12-10-8-7-9-11-13-23-15-16-27(47)24(39)17-23)37(54)45-31(20(2)3)36(53)43-25(18-28(40)48)34(51)42-26(19-29(41)49)35(52)46-32/h12,14-17,20-22,25-26,31-33,47H,6-11,13,18-19H2,1-5H3,(H2,40,48)(H2,41,49)(H,42,51)(H,43,53)(H,44,50)(H,45,54)(H,46,52)/b14-12+/t21-,22-,25+,26+,31+,32+,33+/m1/s1. The molecule has 0 aromatic heterocycles. The van der Waals surface area contributed by atoms with E-state index in [1.54, 1.807) is 39.8 Å². The number of benzene rings is 1. The van der Waals surface area contributed by atoms with Crippen LogP contribution in [0.5, 0.6) is 5.75 Å². The van der Waals surface area contributed by atoms with Gasteiger partial charge in [-0.15, -0.1) is 0 Å². The van der Waals surface area contributed by atoms with Crippen molar-refractivity contribution in [2.75, 3.05) is 0 Å². The van der Waals surface area contributed by atoms with Crippen molar-refractivity contribution < 1.29 is 48.2 Å². The van der Waals surface area contributed by atoms with Crippen molar-refractivity contribution >= 4 is 63.2 Å². The number of phenolic OH excluding ortho intramolecular Hbond substituents is 1. The Labute approximate surface area is 335 Å². The summed E-state index contributed by atoms with van der Waals surface area (Å²) >= 11 is 3.32. The maximum Gasteiger partial charge on any atom is 0.329 e. The summed E-state index contributed by atoms with van der Waals surface area (Å²) in [4.78, 5) is 105. The number of hydrogen-bond donors (Lipinski definition) is 8. The van der Waals surface area contributed by atoms with Crippen LogP contribution in [0.2, 0.25) is 0 Å². The van der Waals surface area contributed by atoms with Crippen LogP contribution in [0.3, 0.4) is 0 Å². The SMILES string of the molecule is CC[C@@H](C)[C@@H]1NC(=O)[C@H](CC(N)=O)NC(=O)[C@H](CC(N)=O)NC(=O)[C@H](C(C)C)NC(=O)[C@@H](NC(=O)/C=C/CCCCCCc2ccc(O)c(Br)c2)[C@@H](C)OC1=O. The molecule has 0 bridgehead atoms. The largest absolute Gasteiger partial charge is 0.507 e. The number of primary amides is 2. The van der Waals surface area contributed by atoms with Crippen molar-refractivity contribution in [1.29, 1.82) is 0 Å². The number of unbranched alkanes of at least 4 members (excludes halogenated alkanes) is 4. The number of aromatic hydroxyl groups is 1. The maximum absolute atomic E-state index is 13.8. The fourth-order valence-electron chi connectivity index (χ4n) is 5.82. The summed E-state index contributed by atoms with van der Waals surface area (Å²) < 4.78 is 6.31. The zero-order chi connectivity index (χ0) is 42.1. The highest BCUT2D eigenvalue weighted by atomic mass is 79.9. The number of carbonyl (C=O) groups excluding carboxylic acids is 8. The number of amides is 7. The summed E-state index contributed by atoms with van der Waals surface area (Å²) in [6.07, 6.45) is 5.57. The molecule has 1 fully saturated rings. The van der Waals surface area contributed by atoms with Crippen LogP contribution in [0.1, 0.15) is 91.5 Å². The van der Waals surface area contributed by atoms with E-state index in [0.717, 1.165) is 37.7 Å². The van der Waals surface area contributed by atoms with Crippen LogP contribution in [0, 0.1) is 11.8 Å². The van der Waals surface area contributed by atoms with Gasteiger partial charge in [0.25, 0.3) is 0 Å². The Balaban J connectivity index is 2.32. The van der Waals surface area contributed by atoms with E-state index in [1.165, 1.54) is 13.0 Å². The van der Waals surface area contributed by atoms with Gasteiger partial charge in [0.1, 0.15) is 42.1 Å². The zero-order valence-electron chi connectivity index (χ0n) is 32.5. The van der Waals surface area contributed by atoms with Crippen molar-refractivity contribution in [1.82, 2.24) is 26.6 Å². The van der Waals surface area contributed by atoms with Crippen molar-refractivity contribution in [3.63, 3.8) is 0 Å². The Kier molecular flexibility index (Phi) is 19.5. The van der Waals surface area contributed by atoms with E-state index >= 15 is 0 Å². The molecule has 10 N–H and O–H groups in total. The van der Waals surface area contributed by atoms with E-state index in [-0.39, 0.29) is 5.75 Å². The zero-order valence-corrected chi connectivity index (χ0v) is 34.1. The molecule has 7 atom stereocenters. The van der Waals surface area contributed by atoms with Crippen LogP contribution in [0.4, 0.5) is 0 Å². The predicted octanol–water partition coefficient (Wildman–Crippen LogP) is 1.03. The van der Waals surface area contributed by atoms with Gasteiger partial charge in [0.05, 0.1) is 17.3 Å². The van der Waals surface area contributed by atoms with Gasteiger partial charge in [-0.3, -0.25) is 33.6 Å².